The molecule has 0 radical (unpaired) electrons. The van der Waals surface area contributed by atoms with Gasteiger partial charge in [-0.25, -0.2) is 19.9 Å². The van der Waals surface area contributed by atoms with Crippen LogP contribution in [0, 0.1) is 10.1 Å². The van der Waals surface area contributed by atoms with E-state index in [0.29, 0.717) is 57.5 Å². The minimum atomic E-state index is -0.456. The van der Waals surface area contributed by atoms with E-state index in [9.17, 15) is 10.1 Å². The molecule has 0 saturated heterocycles. The molecule has 180 valence electrons. The highest BCUT2D eigenvalue weighted by atomic mass is 35.5. The first-order valence-corrected chi connectivity index (χ1v) is 11.2. The van der Waals surface area contributed by atoms with Crippen molar-refractivity contribution in [3.05, 3.63) is 69.1 Å². The maximum atomic E-state index is 11.2. The summed E-state index contributed by atoms with van der Waals surface area (Å²) in [6.07, 6.45) is 5.03. The summed E-state index contributed by atoms with van der Waals surface area (Å²) in [5, 5.41) is 18.5. The molecule has 3 aromatic heterocycles. The van der Waals surface area contributed by atoms with Crippen LogP contribution >= 0.6 is 23.2 Å². The van der Waals surface area contributed by atoms with Crippen molar-refractivity contribution in [1.29, 1.82) is 0 Å². The molecule has 0 aliphatic heterocycles. The Kier molecular flexibility index (Phi) is 7.28. The van der Waals surface area contributed by atoms with Crippen LogP contribution in [-0.4, -0.2) is 57.0 Å². The fourth-order valence-corrected chi connectivity index (χ4v) is 3.81. The van der Waals surface area contributed by atoms with Gasteiger partial charge in [0.05, 0.1) is 21.2 Å². The van der Waals surface area contributed by atoms with Crippen molar-refractivity contribution < 1.29 is 4.92 Å². The first-order chi connectivity index (χ1) is 16.8. The number of imidazole rings is 1. The molecule has 35 heavy (non-hydrogen) atoms. The van der Waals surface area contributed by atoms with Crippen LogP contribution in [0.25, 0.3) is 22.6 Å². The number of rotatable bonds is 9. The normalized spacial score (nSPS) is 10.7. The van der Waals surface area contributed by atoms with Gasteiger partial charge in [0.1, 0.15) is 11.6 Å². The average Bonchev–Trinajstić information content (AvgIpc) is 3.36. The monoisotopic (exact) mass is 513 g/mol. The van der Waals surface area contributed by atoms with Crippen LogP contribution in [0.5, 0.6) is 0 Å². The number of H-pyrrole nitrogens is 1. The molecule has 0 aliphatic carbocycles. The van der Waals surface area contributed by atoms with E-state index in [4.69, 9.17) is 23.2 Å². The molecule has 4 rings (SSSR count). The Morgan fingerprint density at radius 1 is 1.06 bits per heavy atom. The highest BCUT2D eigenvalue weighted by Gasteiger charge is 2.18. The molecule has 0 fully saturated rings. The fraction of sp³-hybridized carbons (Fsp3) is 0.182. The van der Waals surface area contributed by atoms with Crippen molar-refractivity contribution in [3.8, 4) is 22.6 Å². The summed E-state index contributed by atoms with van der Waals surface area (Å²) in [6.45, 7) is 0.932. The number of halogens is 2. The van der Waals surface area contributed by atoms with Crippen LogP contribution in [0.2, 0.25) is 10.0 Å². The number of benzene rings is 1. The molecule has 0 unspecified atom stereocenters. The lowest BCUT2D eigenvalue weighted by Crippen LogP contribution is -2.18. The van der Waals surface area contributed by atoms with E-state index in [1.54, 1.807) is 61.9 Å². The van der Waals surface area contributed by atoms with Crippen molar-refractivity contribution >= 4 is 46.5 Å². The Balaban J connectivity index is 1.50. The topological polar surface area (TPSA) is 138 Å². The number of nitrogens with one attached hydrogen (secondary N) is 3. The maximum absolute atomic E-state index is 11.2. The molecular weight excluding hydrogens is 493 g/mol. The quantitative estimate of drug-likeness (QED) is 0.164. The van der Waals surface area contributed by atoms with Crippen LogP contribution in [0.1, 0.15) is 0 Å². The molecule has 0 saturated carbocycles. The smallest absolute Gasteiger partial charge is 0.311 e. The van der Waals surface area contributed by atoms with E-state index in [-0.39, 0.29) is 11.5 Å². The maximum Gasteiger partial charge on any atom is 0.311 e. The first kappa shape index (κ1) is 24.2. The summed E-state index contributed by atoms with van der Waals surface area (Å²) >= 11 is 12.5. The standard InChI is InChI=1S/C22H21Cl2N9O2/c1-32(2)21-17(33(34)35)5-6-18(30-21)25-7-10-28-22-29-12-15(20-26-8-9-27-20)19(31-22)14-4-3-13(23)11-16(14)24/h3-6,8-9,11-12H,7,10H2,1-2H3,(H,25,30)(H,26,27)(H,28,29,31). The Morgan fingerprint density at radius 2 is 1.86 bits per heavy atom. The third kappa shape index (κ3) is 5.58. The minimum Gasteiger partial charge on any atom is -0.368 e. The summed E-state index contributed by atoms with van der Waals surface area (Å²) in [5.74, 6) is 1.80. The zero-order valence-corrected chi connectivity index (χ0v) is 20.3. The van der Waals surface area contributed by atoms with E-state index in [1.165, 1.54) is 6.07 Å². The molecule has 0 bridgehead atoms. The highest BCUT2D eigenvalue weighted by molar-refractivity contribution is 6.36. The Morgan fingerprint density at radius 3 is 2.54 bits per heavy atom. The Bertz CT molecular complexity index is 1350. The van der Waals surface area contributed by atoms with Crippen LogP contribution < -0.4 is 15.5 Å². The van der Waals surface area contributed by atoms with Gasteiger partial charge in [-0.1, -0.05) is 23.2 Å². The van der Waals surface area contributed by atoms with E-state index >= 15 is 0 Å². The van der Waals surface area contributed by atoms with Gasteiger partial charge in [0.25, 0.3) is 0 Å². The van der Waals surface area contributed by atoms with E-state index in [2.05, 4.69) is 35.6 Å². The summed E-state index contributed by atoms with van der Waals surface area (Å²) < 4.78 is 0. The van der Waals surface area contributed by atoms with Crippen LogP contribution in [0.3, 0.4) is 0 Å². The molecule has 11 nitrogen and oxygen atoms in total. The summed E-state index contributed by atoms with van der Waals surface area (Å²) in [6, 6.07) is 8.19. The highest BCUT2D eigenvalue weighted by Crippen LogP contribution is 2.35. The number of nitrogens with zero attached hydrogens (tertiary/aromatic N) is 6. The predicted octanol–water partition coefficient (Wildman–Crippen LogP) is 4.73. The van der Waals surface area contributed by atoms with Gasteiger partial charge >= 0.3 is 5.69 Å². The van der Waals surface area contributed by atoms with Crippen molar-refractivity contribution in [2.45, 2.75) is 0 Å². The van der Waals surface area contributed by atoms with E-state index in [0.717, 1.165) is 0 Å². The third-order valence-electron chi connectivity index (χ3n) is 4.92. The number of pyridine rings is 1. The lowest BCUT2D eigenvalue weighted by Gasteiger charge is -2.14. The van der Waals surface area contributed by atoms with Gasteiger partial charge in [-0.2, -0.15) is 0 Å². The molecule has 1 aromatic carbocycles. The van der Waals surface area contributed by atoms with Crippen molar-refractivity contribution in [2.75, 3.05) is 42.7 Å². The largest absolute Gasteiger partial charge is 0.368 e. The Hall–Kier alpha value is -3.96. The number of aromatic nitrogens is 5. The predicted molar refractivity (Wildman–Crippen MR) is 137 cm³/mol. The minimum absolute atomic E-state index is 0.0582. The molecular formula is C22H21Cl2N9O2. The van der Waals surface area contributed by atoms with Crippen LogP contribution in [0.4, 0.5) is 23.3 Å². The number of anilines is 3. The molecule has 0 aliphatic rings. The SMILES string of the molecule is CN(C)c1nc(NCCNc2ncc(-c3ncc[nH]3)c(-c3ccc(Cl)cc3Cl)n2)ccc1[N+](=O)[O-]. The van der Waals surface area contributed by atoms with Gasteiger partial charge < -0.3 is 20.5 Å². The van der Waals surface area contributed by atoms with Crippen molar-refractivity contribution in [2.24, 2.45) is 0 Å². The fourth-order valence-electron chi connectivity index (χ4n) is 3.32. The second kappa shape index (κ2) is 10.5. The molecule has 0 atom stereocenters. The lowest BCUT2D eigenvalue weighted by atomic mass is 10.1. The first-order valence-electron chi connectivity index (χ1n) is 10.5. The Labute approximate surface area is 210 Å². The second-order valence-corrected chi connectivity index (χ2v) is 8.41. The third-order valence-corrected chi connectivity index (χ3v) is 5.47. The lowest BCUT2D eigenvalue weighted by molar-refractivity contribution is -0.384. The molecule has 4 aromatic rings. The van der Waals surface area contributed by atoms with Gasteiger partial charge in [0.2, 0.25) is 11.8 Å². The second-order valence-electron chi connectivity index (χ2n) is 7.56. The number of hydrogen-bond acceptors (Lipinski definition) is 9. The van der Waals surface area contributed by atoms with Gasteiger partial charge in [-0.05, 0) is 24.3 Å². The molecule has 0 amide bonds. The summed E-state index contributed by atoms with van der Waals surface area (Å²) in [4.78, 5) is 33.1. The average molecular weight is 514 g/mol. The number of aromatic amines is 1. The van der Waals surface area contributed by atoms with E-state index < -0.39 is 4.92 Å². The van der Waals surface area contributed by atoms with Gasteiger partial charge in [0.15, 0.2) is 0 Å². The molecule has 3 heterocycles. The van der Waals surface area contributed by atoms with Crippen LogP contribution in [0.15, 0.2) is 48.9 Å². The number of nitro groups is 1. The molecule has 3 N–H and O–H groups in total. The molecule has 13 heteroatoms. The van der Waals surface area contributed by atoms with Gasteiger partial charge in [0, 0.05) is 62.4 Å². The number of hydrogen-bond donors (Lipinski definition) is 3. The zero-order valence-electron chi connectivity index (χ0n) is 18.8. The van der Waals surface area contributed by atoms with Gasteiger partial charge in [-0.15, -0.1) is 0 Å². The zero-order chi connectivity index (χ0) is 24.9. The molecule has 0 spiro atoms. The van der Waals surface area contributed by atoms with Gasteiger partial charge in [-0.3, -0.25) is 10.1 Å². The van der Waals surface area contributed by atoms with Crippen molar-refractivity contribution in [1.82, 2.24) is 24.9 Å². The summed E-state index contributed by atoms with van der Waals surface area (Å²) in [5.41, 5.74) is 1.92. The van der Waals surface area contributed by atoms with Crippen molar-refractivity contribution in [3.63, 3.8) is 0 Å². The summed E-state index contributed by atoms with van der Waals surface area (Å²) in [7, 11) is 3.41. The van der Waals surface area contributed by atoms with E-state index in [1.807, 2.05) is 0 Å². The van der Waals surface area contributed by atoms with Crippen LogP contribution in [-0.2, 0) is 0 Å².